The van der Waals surface area contributed by atoms with Gasteiger partial charge in [-0.2, -0.15) is 0 Å². The predicted octanol–water partition coefficient (Wildman–Crippen LogP) is 5.03. The molecule has 0 fully saturated rings. The number of aliphatic imine (C=N–C) groups is 1. The molecule has 0 radical (unpaired) electrons. The number of fused-ring (bicyclic) bond motifs is 1. The normalized spacial score (nSPS) is 14.1. The lowest BCUT2D eigenvalue weighted by Crippen LogP contribution is -2.03. The minimum absolute atomic E-state index is 0.845. The summed E-state index contributed by atoms with van der Waals surface area (Å²) in [6.07, 6.45) is 6.54. The second kappa shape index (κ2) is 6.21. The lowest BCUT2D eigenvalue weighted by Gasteiger charge is -2.11. The number of hydrogen-bond acceptors (Lipinski definition) is 1. The lowest BCUT2D eigenvalue weighted by atomic mass is 9.92. The summed E-state index contributed by atoms with van der Waals surface area (Å²) < 4.78 is 0. The molecule has 1 aromatic carbocycles. The molecule has 0 spiro atoms. The van der Waals surface area contributed by atoms with Crippen LogP contribution in [0.5, 0.6) is 0 Å². The van der Waals surface area contributed by atoms with E-state index < -0.39 is 0 Å². The molecular formula is C19H25N. The van der Waals surface area contributed by atoms with Crippen LogP contribution in [-0.2, 0) is 19.4 Å². The van der Waals surface area contributed by atoms with E-state index >= 15 is 0 Å². The molecule has 0 N–H and O–H groups in total. The van der Waals surface area contributed by atoms with Crippen molar-refractivity contribution in [1.29, 1.82) is 0 Å². The van der Waals surface area contributed by atoms with Gasteiger partial charge in [-0.05, 0) is 61.9 Å². The number of rotatable bonds is 4. The van der Waals surface area contributed by atoms with Crippen LogP contribution in [0.15, 0.2) is 40.4 Å². The third-order valence-electron chi connectivity index (χ3n) is 3.88. The molecule has 1 heteroatoms. The zero-order valence-electron chi connectivity index (χ0n) is 13.4. The molecule has 106 valence electrons. The van der Waals surface area contributed by atoms with E-state index in [0.717, 1.165) is 19.4 Å². The molecule has 0 unspecified atom stereocenters. The van der Waals surface area contributed by atoms with Crippen LogP contribution < -0.4 is 0 Å². The Balaban J connectivity index is 2.45. The van der Waals surface area contributed by atoms with E-state index in [4.69, 9.17) is 4.99 Å². The second-order valence-corrected chi connectivity index (χ2v) is 5.75. The lowest BCUT2D eigenvalue weighted by molar-refractivity contribution is 1.01. The van der Waals surface area contributed by atoms with E-state index in [1.165, 1.54) is 39.1 Å². The maximum atomic E-state index is 4.78. The Morgan fingerprint density at radius 2 is 1.85 bits per heavy atom. The van der Waals surface area contributed by atoms with E-state index in [-0.39, 0.29) is 0 Å². The van der Waals surface area contributed by atoms with Gasteiger partial charge in [-0.1, -0.05) is 37.6 Å². The van der Waals surface area contributed by atoms with E-state index in [2.05, 4.69) is 58.9 Å². The summed E-state index contributed by atoms with van der Waals surface area (Å²) >= 11 is 0. The van der Waals surface area contributed by atoms with E-state index in [1.807, 2.05) is 0 Å². The van der Waals surface area contributed by atoms with Gasteiger partial charge in [0.15, 0.2) is 0 Å². The minimum Gasteiger partial charge on any atom is -0.280 e. The molecule has 1 aromatic rings. The molecule has 0 saturated heterocycles. The van der Waals surface area contributed by atoms with Crippen molar-refractivity contribution in [1.82, 2.24) is 0 Å². The number of benzene rings is 1. The highest BCUT2D eigenvalue weighted by atomic mass is 14.8. The van der Waals surface area contributed by atoms with Gasteiger partial charge in [-0.15, -0.1) is 0 Å². The van der Waals surface area contributed by atoms with Gasteiger partial charge < -0.3 is 0 Å². The summed E-state index contributed by atoms with van der Waals surface area (Å²) in [6, 6.07) is 4.69. The average Bonchev–Trinajstić information content (AvgIpc) is 2.87. The molecule has 1 aliphatic rings. The van der Waals surface area contributed by atoms with Crippen molar-refractivity contribution in [3.05, 3.63) is 57.7 Å². The van der Waals surface area contributed by atoms with Crippen LogP contribution in [0.1, 0.15) is 56.9 Å². The molecule has 20 heavy (non-hydrogen) atoms. The van der Waals surface area contributed by atoms with Crippen LogP contribution in [0.25, 0.3) is 0 Å². The van der Waals surface area contributed by atoms with Crippen LogP contribution >= 0.6 is 0 Å². The van der Waals surface area contributed by atoms with Crippen molar-refractivity contribution in [3.63, 3.8) is 0 Å². The third kappa shape index (κ3) is 2.92. The minimum atomic E-state index is 0.845. The fourth-order valence-corrected chi connectivity index (χ4v) is 2.67. The predicted molar refractivity (Wildman–Crippen MR) is 88.6 cm³/mol. The van der Waals surface area contributed by atoms with Crippen molar-refractivity contribution in [2.75, 3.05) is 0 Å². The van der Waals surface area contributed by atoms with Gasteiger partial charge in [-0.25, -0.2) is 0 Å². The molecule has 1 nitrogen and oxygen atoms in total. The van der Waals surface area contributed by atoms with Gasteiger partial charge in [0, 0.05) is 5.56 Å². The van der Waals surface area contributed by atoms with E-state index in [1.54, 1.807) is 0 Å². The zero-order chi connectivity index (χ0) is 14.7. The largest absolute Gasteiger partial charge is 0.280 e. The second-order valence-electron chi connectivity index (χ2n) is 5.75. The van der Waals surface area contributed by atoms with E-state index in [0.29, 0.717) is 0 Å². The van der Waals surface area contributed by atoms with Gasteiger partial charge in [0.2, 0.25) is 0 Å². The maximum Gasteiger partial charge on any atom is 0.0683 e. The monoisotopic (exact) mass is 267 g/mol. The molecule has 1 aliphatic heterocycles. The van der Waals surface area contributed by atoms with Crippen molar-refractivity contribution < 1.29 is 0 Å². The summed E-state index contributed by atoms with van der Waals surface area (Å²) in [5.41, 5.74) is 9.45. The Labute approximate surface area is 123 Å². The Bertz CT molecular complexity index is 596. The van der Waals surface area contributed by atoms with Crippen molar-refractivity contribution >= 4 is 5.71 Å². The molecule has 2 rings (SSSR count). The fourth-order valence-electron chi connectivity index (χ4n) is 2.67. The van der Waals surface area contributed by atoms with Crippen LogP contribution in [0.4, 0.5) is 0 Å². The van der Waals surface area contributed by atoms with Crippen LogP contribution in [0.3, 0.4) is 0 Å². The molecule has 0 aliphatic carbocycles. The van der Waals surface area contributed by atoms with Crippen molar-refractivity contribution in [2.24, 2.45) is 4.99 Å². The average molecular weight is 267 g/mol. The quantitative estimate of drug-likeness (QED) is 0.679. The molecule has 0 amide bonds. The van der Waals surface area contributed by atoms with Gasteiger partial charge in [0.25, 0.3) is 0 Å². The SMILES string of the molecule is CCc1cc(CC)c2c(c1)C(/C(C)=C/C=C(C)C)=NC2. The van der Waals surface area contributed by atoms with Gasteiger partial charge >= 0.3 is 0 Å². The Hall–Kier alpha value is -1.63. The van der Waals surface area contributed by atoms with Crippen LogP contribution in [-0.4, -0.2) is 5.71 Å². The highest BCUT2D eigenvalue weighted by Crippen LogP contribution is 2.28. The number of aryl methyl sites for hydroxylation is 2. The first kappa shape index (κ1) is 14.8. The van der Waals surface area contributed by atoms with Crippen molar-refractivity contribution in [3.8, 4) is 0 Å². The van der Waals surface area contributed by atoms with Gasteiger partial charge in [0.05, 0.1) is 12.3 Å². The van der Waals surface area contributed by atoms with Crippen LogP contribution in [0.2, 0.25) is 0 Å². The maximum absolute atomic E-state index is 4.78. The summed E-state index contributed by atoms with van der Waals surface area (Å²) in [7, 11) is 0. The highest BCUT2D eigenvalue weighted by Gasteiger charge is 2.20. The fraction of sp³-hybridized carbons (Fsp3) is 0.421. The third-order valence-corrected chi connectivity index (χ3v) is 3.88. The molecule has 0 aromatic heterocycles. The zero-order valence-corrected chi connectivity index (χ0v) is 13.4. The molecule has 0 bridgehead atoms. The molecule has 0 atom stereocenters. The first-order chi connectivity index (χ1) is 9.56. The van der Waals surface area contributed by atoms with E-state index in [9.17, 15) is 0 Å². The first-order valence-electron chi connectivity index (χ1n) is 7.58. The number of allylic oxidation sites excluding steroid dienone is 4. The summed E-state index contributed by atoms with van der Waals surface area (Å²) in [5.74, 6) is 0. The highest BCUT2D eigenvalue weighted by molar-refractivity contribution is 6.15. The summed E-state index contributed by atoms with van der Waals surface area (Å²) in [6.45, 7) is 11.7. The topological polar surface area (TPSA) is 12.4 Å². The number of nitrogens with zero attached hydrogens (tertiary/aromatic N) is 1. The first-order valence-corrected chi connectivity index (χ1v) is 7.58. The van der Waals surface area contributed by atoms with Crippen LogP contribution in [0, 0.1) is 0 Å². The van der Waals surface area contributed by atoms with Gasteiger partial charge in [-0.3, -0.25) is 4.99 Å². The molecular weight excluding hydrogens is 242 g/mol. The van der Waals surface area contributed by atoms with Gasteiger partial charge in [0.1, 0.15) is 0 Å². The molecule has 0 saturated carbocycles. The Morgan fingerprint density at radius 1 is 1.10 bits per heavy atom. The smallest absolute Gasteiger partial charge is 0.0683 e. The Kier molecular flexibility index (Phi) is 4.59. The summed E-state index contributed by atoms with van der Waals surface area (Å²) in [5, 5.41) is 0. The Morgan fingerprint density at radius 3 is 2.45 bits per heavy atom. The standard InChI is InChI=1S/C19H25N/c1-6-15-10-16(7-2)18-12-20-19(17(18)11-15)14(5)9-8-13(3)4/h8-11H,6-7,12H2,1-5H3/b14-9+. The molecule has 1 heterocycles. The van der Waals surface area contributed by atoms with Crippen molar-refractivity contribution in [2.45, 2.75) is 54.0 Å². The number of hydrogen-bond donors (Lipinski definition) is 0. The summed E-state index contributed by atoms with van der Waals surface area (Å²) in [4.78, 5) is 4.78.